The van der Waals surface area contributed by atoms with E-state index >= 15 is 0 Å². The Morgan fingerprint density at radius 2 is 1.89 bits per heavy atom. The summed E-state index contributed by atoms with van der Waals surface area (Å²) in [6.45, 7) is 5.40. The maximum absolute atomic E-state index is 13.8. The molecule has 5 heteroatoms. The van der Waals surface area contributed by atoms with Crippen LogP contribution in [-0.2, 0) is 4.79 Å². The summed E-state index contributed by atoms with van der Waals surface area (Å²) in [6.07, 6.45) is 1.91. The van der Waals surface area contributed by atoms with Crippen LogP contribution in [0.5, 0.6) is 0 Å². The molecule has 3 rings (SSSR count). The van der Waals surface area contributed by atoms with Crippen molar-refractivity contribution in [2.45, 2.75) is 32.6 Å². The molecule has 1 aliphatic rings. The normalized spacial score (nSPS) is 18.9. The summed E-state index contributed by atoms with van der Waals surface area (Å²) in [5.74, 6) is -1.09. The van der Waals surface area contributed by atoms with Gasteiger partial charge in [-0.15, -0.1) is 0 Å². The Labute approximate surface area is 165 Å². The smallest absolute Gasteiger partial charge is 0.253 e. The van der Waals surface area contributed by atoms with Gasteiger partial charge >= 0.3 is 0 Å². The van der Waals surface area contributed by atoms with Gasteiger partial charge in [0.2, 0.25) is 5.91 Å². The first-order valence-electron chi connectivity index (χ1n) is 9.88. The Bertz CT molecular complexity index is 835. The van der Waals surface area contributed by atoms with Gasteiger partial charge in [0.25, 0.3) is 5.91 Å². The molecule has 0 unspecified atom stereocenters. The molecule has 2 atom stereocenters. The maximum atomic E-state index is 13.8. The summed E-state index contributed by atoms with van der Waals surface area (Å²) in [7, 11) is 0. The lowest BCUT2D eigenvalue weighted by atomic mass is 9.88. The molecule has 28 heavy (non-hydrogen) atoms. The third kappa shape index (κ3) is 4.58. The van der Waals surface area contributed by atoms with Gasteiger partial charge in [0, 0.05) is 31.1 Å². The molecule has 1 N–H and O–H groups in total. The number of nitrogens with zero attached hydrogens (tertiary/aromatic N) is 1. The SMILES string of the molecule is CCCCNC(=O)[C@@H]1CN(C(=O)c2ccc(C)cc2)C[C@H]1c1cccc(F)c1. The second kappa shape index (κ2) is 9.00. The van der Waals surface area contributed by atoms with Crippen molar-refractivity contribution in [3.63, 3.8) is 0 Å². The summed E-state index contributed by atoms with van der Waals surface area (Å²) in [5.41, 5.74) is 2.45. The maximum Gasteiger partial charge on any atom is 0.253 e. The number of carbonyl (C=O) groups is 2. The van der Waals surface area contributed by atoms with Crippen LogP contribution in [0.25, 0.3) is 0 Å². The summed E-state index contributed by atoms with van der Waals surface area (Å²) in [6, 6.07) is 13.8. The van der Waals surface area contributed by atoms with Crippen molar-refractivity contribution in [3.8, 4) is 0 Å². The molecule has 2 aromatic rings. The van der Waals surface area contributed by atoms with E-state index in [1.54, 1.807) is 11.0 Å². The Kier molecular flexibility index (Phi) is 6.45. The van der Waals surface area contributed by atoms with Gasteiger partial charge in [-0.2, -0.15) is 0 Å². The summed E-state index contributed by atoms with van der Waals surface area (Å²) < 4.78 is 13.8. The van der Waals surface area contributed by atoms with Crippen LogP contribution in [0.15, 0.2) is 48.5 Å². The second-order valence-electron chi connectivity index (χ2n) is 7.49. The molecule has 4 nitrogen and oxygen atoms in total. The lowest BCUT2D eigenvalue weighted by Crippen LogP contribution is -2.36. The van der Waals surface area contributed by atoms with Gasteiger partial charge < -0.3 is 10.2 Å². The number of hydrogen-bond acceptors (Lipinski definition) is 2. The van der Waals surface area contributed by atoms with E-state index in [-0.39, 0.29) is 29.5 Å². The topological polar surface area (TPSA) is 49.4 Å². The minimum atomic E-state index is -0.381. The lowest BCUT2D eigenvalue weighted by Gasteiger charge is -2.18. The van der Waals surface area contributed by atoms with Crippen LogP contribution in [0.3, 0.4) is 0 Å². The number of nitrogens with one attached hydrogen (secondary N) is 1. The van der Waals surface area contributed by atoms with E-state index in [2.05, 4.69) is 12.2 Å². The highest BCUT2D eigenvalue weighted by atomic mass is 19.1. The number of amides is 2. The molecule has 0 aliphatic carbocycles. The highest BCUT2D eigenvalue weighted by Gasteiger charge is 2.40. The number of unbranched alkanes of at least 4 members (excludes halogenated alkanes) is 1. The highest BCUT2D eigenvalue weighted by Crippen LogP contribution is 2.34. The van der Waals surface area contributed by atoms with Crippen molar-refractivity contribution >= 4 is 11.8 Å². The Morgan fingerprint density at radius 1 is 1.14 bits per heavy atom. The number of likely N-dealkylation sites (tertiary alicyclic amines) is 1. The van der Waals surface area contributed by atoms with E-state index in [9.17, 15) is 14.0 Å². The van der Waals surface area contributed by atoms with E-state index < -0.39 is 0 Å². The molecule has 1 fully saturated rings. The first-order chi connectivity index (χ1) is 13.5. The van der Waals surface area contributed by atoms with E-state index in [1.807, 2.05) is 37.3 Å². The van der Waals surface area contributed by atoms with E-state index in [1.165, 1.54) is 12.1 Å². The molecule has 0 bridgehead atoms. The molecule has 0 saturated carbocycles. The summed E-state index contributed by atoms with van der Waals surface area (Å²) in [4.78, 5) is 27.5. The minimum absolute atomic E-state index is 0.0677. The number of rotatable bonds is 6. The first kappa shape index (κ1) is 20.1. The van der Waals surface area contributed by atoms with Gasteiger partial charge in [-0.1, -0.05) is 43.2 Å². The molecular weight excluding hydrogens is 355 g/mol. The molecule has 2 amide bonds. The fraction of sp³-hybridized carbons (Fsp3) is 0.391. The molecule has 1 aliphatic heterocycles. The van der Waals surface area contributed by atoms with E-state index in [0.29, 0.717) is 25.2 Å². The largest absolute Gasteiger partial charge is 0.356 e. The zero-order valence-electron chi connectivity index (χ0n) is 16.5. The number of aryl methyl sites for hydroxylation is 1. The van der Waals surface area contributed by atoms with Crippen LogP contribution >= 0.6 is 0 Å². The molecular formula is C23H27FN2O2. The number of hydrogen-bond donors (Lipinski definition) is 1. The van der Waals surface area contributed by atoms with Crippen LogP contribution in [0.2, 0.25) is 0 Å². The Balaban J connectivity index is 1.82. The van der Waals surface area contributed by atoms with Crippen molar-refractivity contribution in [3.05, 3.63) is 71.0 Å². The van der Waals surface area contributed by atoms with Crippen molar-refractivity contribution in [2.75, 3.05) is 19.6 Å². The molecule has 2 aromatic carbocycles. The van der Waals surface area contributed by atoms with Crippen LogP contribution in [0.4, 0.5) is 4.39 Å². The van der Waals surface area contributed by atoms with E-state index in [0.717, 1.165) is 24.0 Å². The minimum Gasteiger partial charge on any atom is -0.356 e. The van der Waals surface area contributed by atoms with Crippen LogP contribution < -0.4 is 5.32 Å². The van der Waals surface area contributed by atoms with Crippen molar-refractivity contribution in [2.24, 2.45) is 5.92 Å². The third-order valence-electron chi connectivity index (χ3n) is 5.35. The fourth-order valence-electron chi connectivity index (χ4n) is 3.71. The molecule has 148 valence electrons. The fourth-order valence-corrected chi connectivity index (χ4v) is 3.71. The van der Waals surface area contributed by atoms with Gasteiger partial charge in [0.05, 0.1) is 5.92 Å². The zero-order valence-corrected chi connectivity index (χ0v) is 16.5. The van der Waals surface area contributed by atoms with Gasteiger partial charge in [-0.25, -0.2) is 4.39 Å². The molecule has 1 heterocycles. The predicted molar refractivity (Wildman–Crippen MR) is 108 cm³/mol. The molecule has 0 spiro atoms. The van der Waals surface area contributed by atoms with E-state index in [4.69, 9.17) is 0 Å². The number of benzene rings is 2. The number of halogens is 1. The second-order valence-corrected chi connectivity index (χ2v) is 7.49. The summed E-state index contributed by atoms with van der Waals surface area (Å²) >= 11 is 0. The number of carbonyl (C=O) groups excluding carboxylic acids is 2. The summed E-state index contributed by atoms with van der Waals surface area (Å²) in [5, 5.41) is 2.98. The predicted octanol–water partition coefficient (Wildman–Crippen LogP) is 3.91. The third-order valence-corrected chi connectivity index (χ3v) is 5.35. The van der Waals surface area contributed by atoms with Crippen molar-refractivity contribution < 1.29 is 14.0 Å². The van der Waals surface area contributed by atoms with Gasteiger partial charge in [-0.05, 0) is 43.2 Å². The average Bonchev–Trinajstić information content (AvgIpc) is 3.14. The Hall–Kier alpha value is -2.69. The van der Waals surface area contributed by atoms with Crippen LogP contribution in [0.1, 0.15) is 47.2 Å². The van der Waals surface area contributed by atoms with Gasteiger partial charge in [-0.3, -0.25) is 9.59 Å². The average molecular weight is 382 g/mol. The van der Waals surface area contributed by atoms with Crippen LogP contribution in [0, 0.1) is 18.7 Å². The van der Waals surface area contributed by atoms with Crippen molar-refractivity contribution in [1.82, 2.24) is 10.2 Å². The van der Waals surface area contributed by atoms with Crippen molar-refractivity contribution in [1.29, 1.82) is 0 Å². The molecule has 0 aromatic heterocycles. The van der Waals surface area contributed by atoms with Crippen LogP contribution in [-0.4, -0.2) is 36.3 Å². The quantitative estimate of drug-likeness (QED) is 0.770. The lowest BCUT2D eigenvalue weighted by molar-refractivity contribution is -0.124. The molecule has 1 saturated heterocycles. The first-order valence-corrected chi connectivity index (χ1v) is 9.88. The monoisotopic (exact) mass is 382 g/mol. The zero-order chi connectivity index (χ0) is 20.1. The standard InChI is InChI=1S/C23H27FN2O2/c1-3-4-12-25-22(27)21-15-26(23(28)17-10-8-16(2)9-11-17)14-20(21)18-6-5-7-19(24)13-18/h5-11,13,20-21H,3-4,12,14-15H2,1-2H3,(H,25,27)/t20-,21+/m0/s1. The van der Waals surface area contributed by atoms with Gasteiger partial charge in [0.1, 0.15) is 5.82 Å². The van der Waals surface area contributed by atoms with Gasteiger partial charge in [0.15, 0.2) is 0 Å². The molecule has 0 radical (unpaired) electrons. The Morgan fingerprint density at radius 3 is 2.57 bits per heavy atom. The highest BCUT2D eigenvalue weighted by molar-refractivity contribution is 5.95.